The zero-order valence-corrected chi connectivity index (χ0v) is 15.4. The van der Waals surface area contributed by atoms with Crippen molar-refractivity contribution in [1.82, 2.24) is 14.9 Å². The lowest BCUT2D eigenvalue weighted by atomic mass is 10.1. The zero-order valence-electron chi connectivity index (χ0n) is 15.4. The Labute approximate surface area is 159 Å². The van der Waals surface area contributed by atoms with E-state index in [0.717, 1.165) is 50.2 Å². The van der Waals surface area contributed by atoms with Crippen molar-refractivity contribution in [3.8, 4) is 0 Å². The number of imidazole rings is 1. The van der Waals surface area contributed by atoms with E-state index in [1.54, 1.807) is 6.33 Å². The van der Waals surface area contributed by atoms with Crippen molar-refractivity contribution in [1.29, 1.82) is 0 Å². The summed E-state index contributed by atoms with van der Waals surface area (Å²) in [7, 11) is 0. The van der Waals surface area contributed by atoms with Crippen molar-refractivity contribution in [3.63, 3.8) is 0 Å². The Morgan fingerprint density at radius 2 is 1.74 bits per heavy atom. The quantitative estimate of drug-likeness (QED) is 0.598. The van der Waals surface area contributed by atoms with Gasteiger partial charge in [-0.2, -0.15) is 0 Å². The topological polar surface area (TPSA) is 35.2 Å². The molecule has 2 heterocycles. The Morgan fingerprint density at radius 1 is 0.889 bits per heavy atom. The van der Waals surface area contributed by atoms with E-state index >= 15 is 0 Å². The summed E-state index contributed by atoms with van der Waals surface area (Å²) in [6, 6.07) is 21.9. The van der Waals surface area contributed by atoms with Crippen LogP contribution in [0.4, 0.5) is 5.69 Å². The summed E-state index contributed by atoms with van der Waals surface area (Å²) in [5.74, 6) is 0. The van der Waals surface area contributed by atoms with Gasteiger partial charge >= 0.3 is 0 Å². The molecule has 1 aliphatic rings. The molecule has 1 aromatic heterocycles. The molecule has 4 heteroatoms. The number of nitrogens with one attached hydrogen (secondary N) is 1. The molecule has 0 radical (unpaired) electrons. The average Bonchev–Trinajstić information content (AvgIpc) is 3.20. The van der Waals surface area contributed by atoms with Gasteiger partial charge in [0.2, 0.25) is 0 Å². The fourth-order valence-electron chi connectivity index (χ4n) is 4.12. The molecule has 1 fully saturated rings. The van der Waals surface area contributed by atoms with Gasteiger partial charge in [0.05, 0.1) is 17.4 Å². The molecule has 5 rings (SSSR count). The molecule has 136 valence electrons. The lowest BCUT2D eigenvalue weighted by Gasteiger charge is -2.36. The second-order valence-electron chi connectivity index (χ2n) is 7.33. The number of hydrogen-bond donors (Lipinski definition) is 1. The van der Waals surface area contributed by atoms with Crippen LogP contribution >= 0.6 is 0 Å². The Kier molecular flexibility index (Phi) is 4.26. The van der Waals surface area contributed by atoms with Crippen LogP contribution in [0.1, 0.15) is 5.56 Å². The molecule has 0 saturated carbocycles. The predicted octanol–water partition coefficient (Wildman–Crippen LogP) is 4.08. The van der Waals surface area contributed by atoms with Crippen LogP contribution in [-0.4, -0.2) is 47.6 Å². The maximum atomic E-state index is 4.30. The monoisotopic (exact) mass is 356 g/mol. The van der Waals surface area contributed by atoms with Crippen LogP contribution in [0.25, 0.3) is 21.8 Å². The van der Waals surface area contributed by atoms with E-state index in [4.69, 9.17) is 0 Å². The SMILES string of the molecule is c1ccc2c(N3CCN(CCc4ccc5nc[nH]c5c4)CC3)cccc2c1. The third-order valence-electron chi connectivity index (χ3n) is 5.68. The van der Waals surface area contributed by atoms with E-state index in [2.05, 4.69) is 80.4 Å². The Morgan fingerprint density at radius 3 is 2.67 bits per heavy atom. The van der Waals surface area contributed by atoms with E-state index in [1.165, 1.54) is 22.0 Å². The van der Waals surface area contributed by atoms with Gasteiger partial charge in [-0.3, -0.25) is 4.90 Å². The molecule has 4 nitrogen and oxygen atoms in total. The smallest absolute Gasteiger partial charge is 0.0931 e. The van der Waals surface area contributed by atoms with Gasteiger partial charge in [0.25, 0.3) is 0 Å². The molecule has 0 amide bonds. The number of rotatable bonds is 4. The second-order valence-corrected chi connectivity index (χ2v) is 7.33. The molecule has 4 aromatic rings. The summed E-state index contributed by atoms with van der Waals surface area (Å²) in [4.78, 5) is 12.6. The van der Waals surface area contributed by atoms with Crippen molar-refractivity contribution in [3.05, 3.63) is 72.6 Å². The number of piperazine rings is 1. The van der Waals surface area contributed by atoms with Gasteiger partial charge < -0.3 is 9.88 Å². The van der Waals surface area contributed by atoms with Gasteiger partial charge in [-0.25, -0.2) is 4.98 Å². The van der Waals surface area contributed by atoms with Crippen molar-refractivity contribution in [2.75, 3.05) is 37.6 Å². The number of aromatic amines is 1. The normalized spacial score (nSPS) is 15.6. The molecule has 0 unspecified atom stereocenters. The Bertz CT molecular complexity index is 1050. The van der Waals surface area contributed by atoms with Gasteiger partial charge in [0.15, 0.2) is 0 Å². The number of nitrogens with zero attached hydrogens (tertiary/aromatic N) is 3. The number of aromatic nitrogens is 2. The highest BCUT2D eigenvalue weighted by Gasteiger charge is 2.18. The summed E-state index contributed by atoms with van der Waals surface area (Å²) in [5.41, 5.74) is 4.93. The van der Waals surface area contributed by atoms with Crippen molar-refractivity contribution in [2.24, 2.45) is 0 Å². The third kappa shape index (κ3) is 3.28. The highest BCUT2D eigenvalue weighted by atomic mass is 15.3. The standard InChI is InChI=1S/C23H24N4/c1-2-6-20-19(4-1)5-3-7-23(20)27-14-12-26(13-15-27)11-10-18-8-9-21-22(16-18)25-17-24-21/h1-9,16-17H,10-15H2,(H,24,25). The number of benzene rings is 3. The number of fused-ring (bicyclic) bond motifs is 2. The zero-order chi connectivity index (χ0) is 18.1. The maximum absolute atomic E-state index is 4.30. The molecule has 0 aliphatic carbocycles. The molecule has 27 heavy (non-hydrogen) atoms. The van der Waals surface area contributed by atoms with Crippen molar-refractivity contribution < 1.29 is 0 Å². The molecule has 0 atom stereocenters. The third-order valence-corrected chi connectivity index (χ3v) is 5.68. The Balaban J connectivity index is 1.22. The van der Waals surface area contributed by atoms with Crippen LogP contribution in [0.2, 0.25) is 0 Å². The summed E-state index contributed by atoms with van der Waals surface area (Å²) >= 11 is 0. The average molecular weight is 356 g/mol. The molecular formula is C23H24N4. The molecule has 0 bridgehead atoms. The van der Waals surface area contributed by atoms with Gasteiger partial charge in [-0.15, -0.1) is 0 Å². The first-order valence-electron chi connectivity index (χ1n) is 9.74. The van der Waals surface area contributed by atoms with Gasteiger partial charge in [0, 0.05) is 43.8 Å². The fourth-order valence-corrected chi connectivity index (χ4v) is 4.12. The van der Waals surface area contributed by atoms with Gasteiger partial charge in [0.1, 0.15) is 0 Å². The van der Waals surface area contributed by atoms with Gasteiger partial charge in [-0.05, 0) is 35.6 Å². The highest BCUT2D eigenvalue weighted by molar-refractivity contribution is 5.94. The largest absolute Gasteiger partial charge is 0.368 e. The first-order chi connectivity index (χ1) is 13.4. The van der Waals surface area contributed by atoms with E-state index in [0.29, 0.717) is 0 Å². The van der Waals surface area contributed by atoms with E-state index in [9.17, 15) is 0 Å². The molecule has 1 aliphatic heterocycles. The summed E-state index contributed by atoms with van der Waals surface area (Å²) < 4.78 is 0. The molecule has 3 aromatic carbocycles. The van der Waals surface area contributed by atoms with Gasteiger partial charge in [-0.1, -0.05) is 42.5 Å². The predicted molar refractivity (Wildman–Crippen MR) is 112 cm³/mol. The van der Waals surface area contributed by atoms with E-state index in [1.807, 2.05) is 0 Å². The van der Waals surface area contributed by atoms with Crippen LogP contribution in [0.5, 0.6) is 0 Å². The first kappa shape index (κ1) is 16.3. The minimum absolute atomic E-state index is 1.04. The first-order valence-corrected chi connectivity index (χ1v) is 9.74. The summed E-state index contributed by atoms with van der Waals surface area (Å²) in [5, 5.41) is 2.69. The number of H-pyrrole nitrogens is 1. The highest BCUT2D eigenvalue weighted by Crippen LogP contribution is 2.27. The lowest BCUT2D eigenvalue weighted by molar-refractivity contribution is 0.261. The van der Waals surface area contributed by atoms with Crippen LogP contribution < -0.4 is 4.90 Å². The fraction of sp³-hybridized carbons (Fsp3) is 0.261. The molecule has 1 N–H and O–H groups in total. The second kappa shape index (κ2) is 7.05. The van der Waals surface area contributed by atoms with Crippen LogP contribution in [0.3, 0.4) is 0 Å². The Hall–Kier alpha value is -2.85. The minimum Gasteiger partial charge on any atom is -0.368 e. The van der Waals surface area contributed by atoms with Crippen LogP contribution in [-0.2, 0) is 6.42 Å². The molecule has 1 saturated heterocycles. The number of hydrogen-bond acceptors (Lipinski definition) is 3. The van der Waals surface area contributed by atoms with E-state index in [-0.39, 0.29) is 0 Å². The summed E-state index contributed by atoms with van der Waals surface area (Å²) in [6.45, 7) is 5.54. The lowest BCUT2D eigenvalue weighted by Crippen LogP contribution is -2.47. The van der Waals surface area contributed by atoms with E-state index < -0.39 is 0 Å². The van der Waals surface area contributed by atoms with Crippen LogP contribution in [0, 0.1) is 0 Å². The molecular weight excluding hydrogens is 332 g/mol. The maximum Gasteiger partial charge on any atom is 0.0931 e. The van der Waals surface area contributed by atoms with Crippen molar-refractivity contribution in [2.45, 2.75) is 6.42 Å². The minimum atomic E-state index is 1.04. The van der Waals surface area contributed by atoms with Crippen LogP contribution in [0.15, 0.2) is 67.0 Å². The van der Waals surface area contributed by atoms with Crippen molar-refractivity contribution >= 4 is 27.5 Å². The summed E-state index contributed by atoms with van der Waals surface area (Å²) in [6.07, 6.45) is 2.85. The molecule has 0 spiro atoms. The number of anilines is 1.